The zero-order chi connectivity index (χ0) is 20.7. The normalized spacial score (nSPS) is 10.3. The van der Waals surface area contributed by atoms with Crippen molar-refractivity contribution in [2.75, 3.05) is 23.9 Å². The summed E-state index contributed by atoms with van der Waals surface area (Å²) >= 11 is 0. The van der Waals surface area contributed by atoms with E-state index in [1.807, 2.05) is 13.8 Å². The second-order valence-corrected chi connectivity index (χ2v) is 6.37. The van der Waals surface area contributed by atoms with Crippen LogP contribution in [0.2, 0.25) is 0 Å². The van der Waals surface area contributed by atoms with E-state index < -0.39 is 12.6 Å². The van der Waals surface area contributed by atoms with Crippen molar-refractivity contribution in [1.29, 1.82) is 0 Å². The first-order chi connectivity index (χ1) is 13.3. The van der Waals surface area contributed by atoms with Gasteiger partial charge in [0.2, 0.25) is 0 Å². The lowest BCUT2D eigenvalue weighted by Gasteiger charge is -2.18. The number of ether oxygens (including phenoxy) is 1. The van der Waals surface area contributed by atoms with Gasteiger partial charge in [-0.15, -0.1) is 0 Å². The van der Waals surface area contributed by atoms with Gasteiger partial charge in [-0.1, -0.05) is 0 Å². The van der Waals surface area contributed by atoms with E-state index in [1.165, 1.54) is 4.90 Å². The first kappa shape index (κ1) is 20.8. The molecule has 0 aliphatic rings. The molecule has 0 aliphatic heterocycles. The smallest absolute Gasteiger partial charge is 0.341 e. The number of nitrogens with one attached hydrogen (secondary N) is 2. The molecular weight excluding hydrogens is 362 g/mol. The third kappa shape index (κ3) is 6.01. The number of rotatable bonds is 7. The number of carboxylic acids is 1. The molecule has 8 heteroatoms. The molecule has 0 saturated carbocycles. The summed E-state index contributed by atoms with van der Waals surface area (Å²) in [5.41, 5.74) is 1.67. The lowest BCUT2D eigenvalue weighted by atomic mass is 10.1. The number of hydrogen-bond donors (Lipinski definition) is 3. The number of nitrogens with zero attached hydrogens (tertiary/aromatic N) is 1. The van der Waals surface area contributed by atoms with E-state index in [9.17, 15) is 14.4 Å². The van der Waals surface area contributed by atoms with E-state index in [0.29, 0.717) is 22.7 Å². The monoisotopic (exact) mass is 385 g/mol. The quantitative estimate of drug-likeness (QED) is 0.679. The van der Waals surface area contributed by atoms with Crippen molar-refractivity contribution < 1.29 is 24.2 Å². The average molecular weight is 385 g/mol. The second-order valence-electron chi connectivity index (χ2n) is 6.37. The minimum absolute atomic E-state index is 0.0235. The highest BCUT2D eigenvalue weighted by molar-refractivity contribution is 6.06. The number of anilines is 2. The number of carbonyl (C=O) groups is 3. The molecule has 0 fully saturated rings. The van der Waals surface area contributed by atoms with E-state index in [4.69, 9.17) is 9.84 Å². The van der Waals surface area contributed by atoms with Crippen LogP contribution in [0.1, 0.15) is 24.2 Å². The van der Waals surface area contributed by atoms with Gasteiger partial charge in [0.05, 0.1) is 0 Å². The van der Waals surface area contributed by atoms with Crippen LogP contribution in [-0.2, 0) is 4.79 Å². The van der Waals surface area contributed by atoms with Crippen molar-refractivity contribution in [3.63, 3.8) is 0 Å². The predicted molar refractivity (Wildman–Crippen MR) is 106 cm³/mol. The van der Waals surface area contributed by atoms with Crippen molar-refractivity contribution in [3.8, 4) is 5.75 Å². The van der Waals surface area contributed by atoms with Crippen LogP contribution in [0.25, 0.3) is 0 Å². The van der Waals surface area contributed by atoms with Crippen LogP contribution >= 0.6 is 0 Å². The molecule has 0 aliphatic carbocycles. The Hall–Kier alpha value is -3.55. The van der Waals surface area contributed by atoms with Gasteiger partial charge in [0, 0.05) is 30.0 Å². The highest BCUT2D eigenvalue weighted by atomic mass is 16.5. The fraction of sp³-hybridized carbons (Fsp3) is 0.250. The average Bonchev–Trinajstić information content (AvgIpc) is 2.65. The molecule has 3 amide bonds. The fourth-order valence-corrected chi connectivity index (χ4v) is 2.35. The second kappa shape index (κ2) is 9.40. The van der Waals surface area contributed by atoms with Gasteiger partial charge in [0.25, 0.3) is 5.91 Å². The fourth-order valence-electron chi connectivity index (χ4n) is 2.35. The van der Waals surface area contributed by atoms with Gasteiger partial charge >= 0.3 is 12.0 Å². The molecule has 2 rings (SSSR count). The summed E-state index contributed by atoms with van der Waals surface area (Å²) in [6.07, 6.45) is 0. The third-order valence-electron chi connectivity index (χ3n) is 3.70. The third-order valence-corrected chi connectivity index (χ3v) is 3.70. The number of amides is 3. The van der Waals surface area contributed by atoms with Crippen molar-refractivity contribution >= 4 is 29.3 Å². The summed E-state index contributed by atoms with van der Waals surface area (Å²) in [5, 5.41) is 14.0. The Labute approximate surface area is 163 Å². The maximum atomic E-state index is 12.6. The molecular formula is C20H23N3O5. The van der Waals surface area contributed by atoms with Gasteiger partial charge in [-0.25, -0.2) is 9.59 Å². The Bertz CT molecular complexity index is 832. The van der Waals surface area contributed by atoms with Gasteiger partial charge in [-0.05, 0) is 62.4 Å². The van der Waals surface area contributed by atoms with E-state index in [-0.39, 0.29) is 18.0 Å². The Morgan fingerprint density at radius 1 is 1.04 bits per heavy atom. The summed E-state index contributed by atoms with van der Waals surface area (Å²) < 4.78 is 5.07. The number of carboxylic acid groups (broad SMARTS) is 1. The van der Waals surface area contributed by atoms with Crippen LogP contribution in [0, 0.1) is 0 Å². The topological polar surface area (TPSA) is 108 Å². The van der Waals surface area contributed by atoms with E-state index in [2.05, 4.69) is 10.6 Å². The van der Waals surface area contributed by atoms with Gasteiger partial charge in [0.15, 0.2) is 6.61 Å². The highest BCUT2D eigenvalue weighted by Crippen LogP contribution is 2.21. The molecule has 0 heterocycles. The zero-order valence-electron chi connectivity index (χ0n) is 15.9. The summed E-state index contributed by atoms with van der Waals surface area (Å²) in [6, 6.07) is 12.8. The molecule has 0 atom stereocenters. The number of urea groups is 1. The van der Waals surface area contributed by atoms with E-state index in [1.54, 1.807) is 55.6 Å². The van der Waals surface area contributed by atoms with Crippen LogP contribution in [0.4, 0.5) is 16.2 Å². The van der Waals surface area contributed by atoms with Crippen LogP contribution in [0.3, 0.4) is 0 Å². The maximum Gasteiger partial charge on any atom is 0.341 e. The van der Waals surface area contributed by atoms with Crippen molar-refractivity contribution in [2.45, 2.75) is 19.9 Å². The Balaban J connectivity index is 2.00. The Morgan fingerprint density at radius 3 is 2.18 bits per heavy atom. The summed E-state index contributed by atoms with van der Waals surface area (Å²) in [5.74, 6) is -0.879. The molecule has 2 aromatic carbocycles. The van der Waals surface area contributed by atoms with E-state index >= 15 is 0 Å². The van der Waals surface area contributed by atoms with Crippen LogP contribution in [0.15, 0.2) is 48.5 Å². The molecule has 2 aromatic rings. The van der Waals surface area contributed by atoms with Crippen molar-refractivity contribution in [1.82, 2.24) is 5.32 Å². The van der Waals surface area contributed by atoms with Crippen molar-refractivity contribution in [2.24, 2.45) is 0 Å². The van der Waals surface area contributed by atoms with Crippen LogP contribution in [-0.4, -0.2) is 42.7 Å². The first-order valence-corrected chi connectivity index (χ1v) is 8.66. The van der Waals surface area contributed by atoms with Gasteiger partial charge in [-0.3, -0.25) is 4.79 Å². The first-order valence-electron chi connectivity index (χ1n) is 8.66. The zero-order valence-corrected chi connectivity index (χ0v) is 15.9. The number of hydrogen-bond acceptors (Lipinski definition) is 4. The molecule has 28 heavy (non-hydrogen) atoms. The number of benzene rings is 2. The van der Waals surface area contributed by atoms with E-state index in [0.717, 1.165) is 0 Å². The maximum absolute atomic E-state index is 12.6. The number of carbonyl (C=O) groups excluding carboxylic acids is 2. The Kier molecular flexibility index (Phi) is 6.97. The van der Waals surface area contributed by atoms with Crippen LogP contribution in [0.5, 0.6) is 5.75 Å². The molecule has 0 unspecified atom stereocenters. The molecule has 0 aromatic heterocycles. The molecule has 0 bridgehead atoms. The Morgan fingerprint density at radius 2 is 1.64 bits per heavy atom. The lowest BCUT2D eigenvalue weighted by Crippen LogP contribution is -2.34. The molecule has 3 N–H and O–H groups in total. The van der Waals surface area contributed by atoms with Crippen molar-refractivity contribution in [3.05, 3.63) is 54.1 Å². The predicted octanol–water partition coefficient (Wildman–Crippen LogP) is 2.96. The molecule has 148 valence electrons. The standard InChI is InChI=1S/C20H23N3O5/c1-13(2)21-20(27)22-15-6-4-14(5-7-15)19(26)23(3)16-8-10-17(11-9-16)28-12-18(24)25/h4-11,13H,12H2,1-3H3,(H,24,25)(H2,21,22,27). The summed E-state index contributed by atoms with van der Waals surface area (Å²) in [4.78, 5) is 36.3. The lowest BCUT2D eigenvalue weighted by molar-refractivity contribution is -0.139. The largest absolute Gasteiger partial charge is 0.482 e. The summed E-state index contributed by atoms with van der Waals surface area (Å²) in [6.45, 7) is 3.30. The number of aliphatic carboxylic acids is 1. The molecule has 8 nitrogen and oxygen atoms in total. The molecule has 0 radical (unpaired) electrons. The van der Waals surface area contributed by atoms with Gasteiger partial charge in [0.1, 0.15) is 5.75 Å². The van der Waals surface area contributed by atoms with Gasteiger partial charge < -0.3 is 25.4 Å². The molecule has 0 spiro atoms. The SMILES string of the molecule is CC(C)NC(=O)Nc1ccc(C(=O)N(C)c2ccc(OCC(=O)O)cc2)cc1. The molecule has 0 saturated heterocycles. The van der Waals surface area contributed by atoms with Gasteiger partial charge in [-0.2, -0.15) is 0 Å². The highest BCUT2D eigenvalue weighted by Gasteiger charge is 2.14. The summed E-state index contributed by atoms with van der Waals surface area (Å²) in [7, 11) is 1.64. The minimum Gasteiger partial charge on any atom is -0.482 e. The van der Waals surface area contributed by atoms with Crippen LogP contribution < -0.4 is 20.3 Å². The minimum atomic E-state index is -1.06.